The lowest BCUT2D eigenvalue weighted by Gasteiger charge is -2.30. The average molecular weight is 247 g/mol. The third-order valence-corrected chi connectivity index (χ3v) is 2.21. The quantitative estimate of drug-likeness (QED) is 0.696. The highest BCUT2D eigenvalue weighted by molar-refractivity contribution is 5.71. The molecular weight excluding hydrogens is 235 g/mol. The molecule has 0 aliphatic heterocycles. The highest BCUT2D eigenvalue weighted by Gasteiger charge is 2.53. The predicted octanol–water partition coefficient (Wildman–Crippen LogP) is 1.07. The maximum Gasteiger partial charge on any atom is 0.315 e. The van der Waals surface area contributed by atoms with Gasteiger partial charge in [-0.25, -0.2) is 9.18 Å². The van der Waals surface area contributed by atoms with Crippen LogP contribution in [0, 0.1) is 0 Å². The Labute approximate surface area is 95.8 Å². The normalized spacial score (nSPS) is 15.1. The molecule has 1 rings (SSSR count). The minimum atomic E-state index is -3.97. The molecule has 0 aliphatic rings. The van der Waals surface area contributed by atoms with Gasteiger partial charge in [-0.2, -0.15) is 8.78 Å². The molecule has 0 spiro atoms. The second-order valence-corrected chi connectivity index (χ2v) is 3.50. The topological polar surface area (TPSA) is 81.1 Å². The van der Waals surface area contributed by atoms with Gasteiger partial charge in [0.25, 0.3) is 0 Å². The van der Waals surface area contributed by atoms with Crippen LogP contribution in [0.3, 0.4) is 0 Å². The van der Waals surface area contributed by atoms with Gasteiger partial charge < -0.3 is 11.1 Å². The van der Waals surface area contributed by atoms with Gasteiger partial charge in [0.2, 0.25) is 5.79 Å². The first kappa shape index (κ1) is 13.3. The van der Waals surface area contributed by atoms with Gasteiger partial charge in [-0.1, -0.05) is 30.3 Å². The standard InChI is InChI=1S/C10H12F3N3O/c11-9(12,6-16-8(14)17)10(13,15)7-4-2-1-3-5-7/h1-5H,6,15H2,(H3,14,16,17). The molecular formula is C10H12F3N3O. The zero-order valence-corrected chi connectivity index (χ0v) is 8.79. The van der Waals surface area contributed by atoms with Crippen molar-refractivity contribution in [1.29, 1.82) is 0 Å². The first-order chi connectivity index (χ1) is 7.77. The summed E-state index contributed by atoms with van der Waals surface area (Å²) in [5.41, 5.74) is 9.25. The van der Waals surface area contributed by atoms with E-state index in [-0.39, 0.29) is 5.56 Å². The molecule has 0 saturated heterocycles. The molecule has 94 valence electrons. The molecule has 0 fully saturated rings. The number of carbonyl (C=O) groups excluding carboxylic acids is 1. The van der Waals surface area contributed by atoms with Gasteiger partial charge in [0, 0.05) is 5.56 Å². The fourth-order valence-electron chi connectivity index (χ4n) is 1.22. The fourth-order valence-corrected chi connectivity index (χ4v) is 1.22. The summed E-state index contributed by atoms with van der Waals surface area (Å²) >= 11 is 0. The van der Waals surface area contributed by atoms with E-state index in [0.29, 0.717) is 0 Å². The fraction of sp³-hybridized carbons (Fsp3) is 0.300. The first-order valence-corrected chi connectivity index (χ1v) is 4.72. The van der Waals surface area contributed by atoms with E-state index < -0.39 is 24.3 Å². The van der Waals surface area contributed by atoms with Gasteiger partial charge in [0.1, 0.15) is 0 Å². The summed E-state index contributed by atoms with van der Waals surface area (Å²) in [4.78, 5) is 10.3. The monoisotopic (exact) mass is 247 g/mol. The number of alkyl halides is 3. The molecule has 5 N–H and O–H groups in total. The van der Waals surface area contributed by atoms with Crippen molar-refractivity contribution < 1.29 is 18.0 Å². The van der Waals surface area contributed by atoms with Crippen LogP contribution in [0.15, 0.2) is 30.3 Å². The van der Waals surface area contributed by atoms with Crippen molar-refractivity contribution in [2.75, 3.05) is 6.54 Å². The van der Waals surface area contributed by atoms with Crippen molar-refractivity contribution in [3.05, 3.63) is 35.9 Å². The Morgan fingerprint density at radius 3 is 2.24 bits per heavy atom. The van der Waals surface area contributed by atoms with E-state index >= 15 is 0 Å². The summed E-state index contributed by atoms with van der Waals surface area (Å²) in [6, 6.07) is 5.41. The second-order valence-electron chi connectivity index (χ2n) is 3.50. The molecule has 17 heavy (non-hydrogen) atoms. The molecule has 1 atom stereocenters. The average Bonchev–Trinajstić information content (AvgIpc) is 2.27. The molecule has 4 nitrogen and oxygen atoms in total. The van der Waals surface area contributed by atoms with Crippen molar-refractivity contribution >= 4 is 6.03 Å². The number of nitrogens with one attached hydrogen (secondary N) is 1. The molecule has 0 radical (unpaired) electrons. The van der Waals surface area contributed by atoms with E-state index in [0.717, 1.165) is 12.1 Å². The zero-order chi connectivity index (χ0) is 13.1. The van der Waals surface area contributed by atoms with Crippen LogP contribution in [0.1, 0.15) is 5.56 Å². The Kier molecular flexibility index (Phi) is 3.62. The Bertz CT molecular complexity index is 395. The van der Waals surface area contributed by atoms with Crippen molar-refractivity contribution in [3.8, 4) is 0 Å². The number of nitrogens with two attached hydrogens (primary N) is 2. The van der Waals surface area contributed by atoms with Gasteiger partial charge in [-0.3, -0.25) is 5.73 Å². The number of hydrogen-bond donors (Lipinski definition) is 3. The number of amides is 2. The number of benzene rings is 1. The molecule has 0 aromatic heterocycles. The van der Waals surface area contributed by atoms with E-state index in [2.05, 4.69) is 5.73 Å². The molecule has 0 saturated carbocycles. The van der Waals surface area contributed by atoms with Gasteiger partial charge in [-0.05, 0) is 0 Å². The van der Waals surface area contributed by atoms with Crippen LogP contribution in [0.4, 0.5) is 18.0 Å². The van der Waals surface area contributed by atoms with Crippen molar-refractivity contribution in [2.24, 2.45) is 11.5 Å². The first-order valence-electron chi connectivity index (χ1n) is 4.72. The summed E-state index contributed by atoms with van der Waals surface area (Å²) < 4.78 is 40.8. The number of carbonyl (C=O) groups is 1. The van der Waals surface area contributed by atoms with Crippen LogP contribution >= 0.6 is 0 Å². The molecule has 1 aromatic carbocycles. The van der Waals surface area contributed by atoms with Gasteiger partial charge in [0.05, 0.1) is 6.54 Å². The van der Waals surface area contributed by atoms with E-state index in [4.69, 9.17) is 5.73 Å². The highest BCUT2D eigenvalue weighted by atomic mass is 19.3. The van der Waals surface area contributed by atoms with Crippen LogP contribution < -0.4 is 16.8 Å². The van der Waals surface area contributed by atoms with E-state index in [1.165, 1.54) is 12.1 Å². The van der Waals surface area contributed by atoms with Crippen LogP contribution in [-0.2, 0) is 5.79 Å². The summed E-state index contributed by atoms with van der Waals surface area (Å²) in [5, 5.41) is 1.63. The number of hydrogen-bond acceptors (Lipinski definition) is 2. The Morgan fingerprint density at radius 1 is 1.24 bits per heavy atom. The summed E-state index contributed by atoms with van der Waals surface area (Å²) in [6.45, 7) is -1.27. The summed E-state index contributed by atoms with van der Waals surface area (Å²) in [6.07, 6.45) is 0. The van der Waals surface area contributed by atoms with Crippen LogP contribution in [0.2, 0.25) is 0 Å². The van der Waals surface area contributed by atoms with Crippen LogP contribution in [-0.4, -0.2) is 18.5 Å². The van der Waals surface area contributed by atoms with E-state index in [1.54, 1.807) is 11.4 Å². The Morgan fingerprint density at radius 2 is 1.76 bits per heavy atom. The second kappa shape index (κ2) is 4.62. The molecule has 1 aromatic rings. The lowest BCUT2D eigenvalue weighted by molar-refractivity contribution is -0.136. The molecule has 0 aliphatic carbocycles. The maximum atomic E-state index is 13.9. The maximum absolute atomic E-state index is 13.9. The molecule has 1 unspecified atom stereocenters. The summed E-state index contributed by atoms with van der Waals surface area (Å²) in [5.74, 6) is -7.35. The third-order valence-electron chi connectivity index (χ3n) is 2.21. The minimum absolute atomic E-state index is 0.378. The minimum Gasteiger partial charge on any atom is -0.352 e. The van der Waals surface area contributed by atoms with Gasteiger partial charge in [0.15, 0.2) is 0 Å². The van der Waals surface area contributed by atoms with Gasteiger partial charge in [-0.15, -0.1) is 0 Å². The highest BCUT2D eigenvalue weighted by Crippen LogP contribution is 2.36. The lowest BCUT2D eigenvalue weighted by Crippen LogP contribution is -2.55. The van der Waals surface area contributed by atoms with E-state index in [1.807, 2.05) is 0 Å². The SMILES string of the molecule is NC(=O)NCC(F)(F)C(N)(F)c1ccccc1. The van der Waals surface area contributed by atoms with Crippen molar-refractivity contribution in [3.63, 3.8) is 0 Å². The number of primary amides is 1. The van der Waals surface area contributed by atoms with Crippen LogP contribution in [0.25, 0.3) is 0 Å². The number of halogens is 3. The van der Waals surface area contributed by atoms with Crippen molar-refractivity contribution in [1.82, 2.24) is 5.32 Å². The molecule has 0 heterocycles. The molecule has 2 amide bonds. The van der Waals surface area contributed by atoms with Crippen molar-refractivity contribution in [2.45, 2.75) is 11.7 Å². The Hall–Kier alpha value is -1.76. The van der Waals surface area contributed by atoms with Gasteiger partial charge >= 0.3 is 12.0 Å². The van der Waals surface area contributed by atoms with Crippen LogP contribution in [0.5, 0.6) is 0 Å². The third kappa shape index (κ3) is 2.88. The zero-order valence-electron chi connectivity index (χ0n) is 8.79. The smallest absolute Gasteiger partial charge is 0.315 e. The Balaban J connectivity index is 2.92. The number of rotatable bonds is 4. The largest absolute Gasteiger partial charge is 0.352 e. The predicted molar refractivity (Wildman–Crippen MR) is 55.9 cm³/mol. The van der Waals surface area contributed by atoms with E-state index in [9.17, 15) is 18.0 Å². The molecule has 7 heteroatoms. The molecule has 0 bridgehead atoms. The number of urea groups is 1. The summed E-state index contributed by atoms with van der Waals surface area (Å²) in [7, 11) is 0. The lowest BCUT2D eigenvalue weighted by atomic mass is 9.98.